The molecule has 0 spiro atoms. The SMILES string of the molecule is CC1OC(C)C(C(NN)c2ccc(OC3CC3)cc2)C1C. The lowest BCUT2D eigenvalue weighted by Crippen LogP contribution is -2.38. The van der Waals surface area contributed by atoms with E-state index in [9.17, 15) is 0 Å². The third kappa shape index (κ3) is 3.07. The lowest BCUT2D eigenvalue weighted by atomic mass is 9.81. The molecule has 3 rings (SSSR count). The second kappa shape index (κ2) is 5.95. The molecule has 4 nitrogen and oxygen atoms in total. The molecular weight excluding hydrogens is 264 g/mol. The highest BCUT2D eigenvalue weighted by Crippen LogP contribution is 2.40. The summed E-state index contributed by atoms with van der Waals surface area (Å²) < 4.78 is 11.8. The second-order valence-electron chi connectivity index (χ2n) is 6.51. The van der Waals surface area contributed by atoms with Gasteiger partial charge in [-0.15, -0.1) is 0 Å². The van der Waals surface area contributed by atoms with Crippen molar-refractivity contribution in [3.05, 3.63) is 29.8 Å². The van der Waals surface area contributed by atoms with Crippen LogP contribution in [0.4, 0.5) is 0 Å². The van der Waals surface area contributed by atoms with E-state index in [4.69, 9.17) is 15.3 Å². The average Bonchev–Trinajstić information content (AvgIpc) is 3.24. The van der Waals surface area contributed by atoms with Crippen molar-refractivity contribution >= 4 is 0 Å². The average molecular weight is 290 g/mol. The number of nitrogens with one attached hydrogen (secondary N) is 1. The summed E-state index contributed by atoms with van der Waals surface area (Å²) in [6.45, 7) is 6.52. The van der Waals surface area contributed by atoms with Gasteiger partial charge in [0.05, 0.1) is 24.4 Å². The fraction of sp³-hybridized carbons (Fsp3) is 0.647. The molecule has 1 aliphatic carbocycles. The summed E-state index contributed by atoms with van der Waals surface area (Å²) in [4.78, 5) is 0. The Labute approximate surface area is 127 Å². The highest BCUT2D eigenvalue weighted by molar-refractivity contribution is 5.30. The largest absolute Gasteiger partial charge is 0.490 e. The van der Waals surface area contributed by atoms with Crippen LogP contribution in [0.1, 0.15) is 45.2 Å². The van der Waals surface area contributed by atoms with Gasteiger partial charge in [-0.1, -0.05) is 19.1 Å². The van der Waals surface area contributed by atoms with Crippen molar-refractivity contribution in [3.63, 3.8) is 0 Å². The molecule has 1 aromatic rings. The first-order valence-corrected chi connectivity index (χ1v) is 7.98. The molecule has 4 heteroatoms. The Morgan fingerprint density at radius 3 is 2.29 bits per heavy atom. The highest BCUT2D eigenvalue weighted by atomic mass is 16.5. The molecule has 5 unspecified atom stereocenters. The number of hydrogen-bond donors (Lipinski definition) is 2. The van der Waals surface area contributed by atoms with Crippen molar-refractivity contribution in [1.82, 2.24) is 5.43 Å². The fourth-order valence-electron chi connectivity index (χ4n) is 3.43. The number of rotatable bonds is 5. The molecule has 116 valence electrons. The third-order valence-electron chi connectivity index (χ3n) is 4.95. The van der Waals surface area contributed by atoms with Gasteiger partial charge in [0, 0.05) is 5.92 Å². The Kier molecular flexibility index (Phi) is 4.20. The quantitative estimate of drug-likeness (QED) is 0.647. The van der Waals surface area contributed by atoms with E-state index in [-0.39, 0.29) is 18.2 Å². The molecule has 21 heavy (non-hydrogen) atoms. The number of ether oxygens (including phenoxy) is 2. The minimum Gasteiger partial charge on any atom is -0.490 e. The Bertz CT molecular complexity index is 472. The summed E-state index contributed by atoms with van der Waals surface area (Å²) in [6, 6.07) is 8.43. The van der Waals surface area contributed by atoms with Crippen LogP contribution >= 0.6 is 0 Å². The predicted molar refractivity (Wildman–Crippen MR) is 82.8 cm³/mol. The monoisotopic (exact) mass is 290 g/mol. The zero-order chi connectivity index (χ0) is 15.0. The van der Waals surface area contributed by atoms with E-state index in [0.717, 1.165) is 5.75 Å². The van der Waals surface area contributed by atoms with Crippen molar-refractivity contribution in [2.75, 3.05) is 0 Å². The van der Waals surface area contributed by atoms with Crippen molar-refractivity contribution in [2.24, 2.45) is 17.7 Å². The van der Waals surface area contributed by atoms with Crippen LogP contribution in [0.3, 0.4) is 0 Å². The van der Waals surface area contributed by atoms with Crippen molar-refractivity contribution < 1.29 is 9.47 Å². The summed E-state index contributed by atoms with van der Waals surface area (Å²) in [5, 5.41) is 0. The van der Waals surface area contributed by atoms with Gasteiger partial charge in [-0.3, -0.25) is 11.3 Å². The molecule has 0 radical (unpaired) electrons. The molecule has 1 saturated heterocycles. The summed E-state index contributed by atoms with van der Waals surface area (Å²) in [5.41, 5.74) is 4.19. The molecule has 1 heterocycles. The van der Waals surface area contributed by atoms with Crippen molar-refractivity contribution in [1.29, 1.82) is 0 Å². The van der Waals surface area contributed by atoms with Gasteiger partial charge in [0.25, 0.3) is 0 Å². The van der Waals surface area contributed by atoms with Crippen LogP contribution in [0.5, 0.6) is 5.75 Å². The van der Waals surface area contributed by atoms with Crippen LogP contribution in [0.25, 0.3) is 0 Å². The first-order chi connectivity index (χ1) is 10.1. The van der Waals surface area contributed by atoms with Crippen LogP contribution < -0.4 is 16.0 Å². The van der Waals surface area contributed by atoms with E-state index in [1.807, 2.05) is 12.1 Å². The minimum absolute atomic E-state index is 0.106. The molecule has 3 N–H and O–H groups in total. The number of benzene rings is 1. The van der Waals surface area contributed by atoms with Gasteiger partial charge in [0.1, 0.15) is 5.75 Å². The smallest absolute Gasteiger partial charge is 0.119 e. The fourth-order valence-corrected chi connectivity index (χ4v) is 3.43. The van der Waals surface area contributed by atoms with Gasteiger partial charge in [-0.2, -0.15) is 0 Å². The van der Waals surface area contributed by atoms with Crippen LogP contribution in [0.2, 0.25) is 0 Å². The number of hydrazine groups is 1. The molecule has 1 saturated carbocycles. The third-order valence-corrected chi connectivity index (χ3v) is 4.95. The summed E-state index contributed by atoms with van der Waals surface area (Å²) >= 11 is 0. The summed E-state index contributed by atoms with van der Waals surface area (Å²) in [6.07, 6.45) is 3.28. The van der Waals surface area contributed by atoms with E-state index < -0.39 is 0 Å². The van der Waals surface area contributed by atoms with E-state index in [1.54, 1.807) is 0 Å². The molecule has 2 aliphatic rings. The molecule has 5 atom stereocenters. The van der Waals surface area contributed by atoms with Gasteiger partial charge in [0.2, 0.25) is 0 Å². The minimum atomic E-state index is 0.106. The van der Waals surface area contributed by atoms with Crippen molar-refractivity contribution in [3.8, 4) is 5.75 Å². The second-order valence-corrected chi connectivity index (χ2v) is 6.51. The van der Waals surface area contributed by atoms with Crippen LogP contribution in [0, 0.1) is 11.8 Å². The molecule has 2 fully saturated rings. The maximum absolute atomic E-state index is 5.95. The standard InChI is InChI=1S/C17H26N2O2/c1-10-11(2)20-12(3)16(10)17(19-18)13-4-6-14(7-5-13)21-15-8-9-15/h4-7,10-12,15-17,19H,8-9,18H2,1-3H3. The molecule has 1 aliphatic heterocycles. The zero-order valence-electron chi connectivity index (χ0n) is 13.1. The highest BCUT2D eigenvalue weighted by Gasteiger charge is 2.41. The van der Waals surface area contributed by atoms with Crippen LogP contribution in [-0.2, 0) is 4.74 Å². The maximum Gasteiger partial charge on any atom is 0.119 e. The molecule has 0 aromatic heterocycles. The maximum atomic E-state index is 5.95. The Morgan fingerprint density at radius 2 is 1.81 bits per heavy atom. The van der Waals surface area contributed by atoms with Gasteiger partial charge >= 0.3 is 0 Å². The van der Waals surface area contributed by atoms with Gasteiger partial charge in [0.15, 0.2) is 0 Å². The van der Waals surface area contributed by atoms with Crippen LogP contribution in [0.15, 0.2) is 24.3 Å². The summed E-state index contributed by atoms with van der Waals surface area (Å²) in [7, 11) is 0. The van der Waals surface area contributed by atoms with Crippen LogP contribution in [-0.4, -0.2) is 18.3 Å². The topological polar surface area (TPSA) is 56.5 Å². The summed E-state index contributed by atoms with van der Waals surface area (Å²) in [5.74, 6) is 7.65. The van der Waals surface area contributed by atoms with Crippen molar-refractivity contribution in [2.45, 2.75) is 58.0 Å². The number of nitrogens with two attached hydrogens (primary N) is 1. The first-order valence-electron chi connectivity index (χ1n) is 7.98. The Balaban J connectivity index is 1.75. The van der Waals surface area contributed by atoms with E-state index in [0.29, 0.717) is 17.9 Å². The van der Waals surface area contributed by atoms with E-state index in [1.165, 1.54) is 18.4 Å². The first kappa shape index (κ1) is 14.8. The Morgan fingerprint density at radius 1 is 1.14 bits per heavy atom. The lowest BCUT2D eigenvalue weighted by molar-refractivity contribution is 0.0475. The van der Waals surface area contributed by atoms with Gasteiger partial charge in [-0.25, -0.2) is 0 Å². The van der Waals surface area contributed by atoms with E-state index in [2.05, 4.69) is 38.3 Å². The van der Waals surface area contributed by atoms with E-state index >= 15 is 0 Å². The predicted octanol–water partition coefficient (Wildman–Crippen LogP) is 2.79. The normalized spacial score (nSPS) is 33.9. The molecule has 0 bridgehead atoms. The molecular formula is C17H26N2O2. The van der Waals surface area contributed by atoms with Gasteiger partial charge < -0.3 is 9.47 Å². The molecule has 1 aromatic carbocycles. The molecule has 0 amide bonds. The van der Waals surface area contributed by atoms with Gasteiger partial charge in [-0.05, 0) is 50.3 Å². The Hall–Kier alpha value is -1.10. The lowest BCUT2D eigenvalue weighted by Gasteiger charge is -2.28. The number of hydrogen-bond acceptors (Lipinski definition) is 4. The zero-order valence-corrected chi connectivity index (χ0v) is 13.1.